The Morgan fingerprint density at radius 1 is 0.354 bits per heavy atom. The molecule has 470 valence electrons. The van der Waals surface area contributed by atoms with Crippen LogP contribution in [0.2, 0.25) is 0 Å². The summed E-state index contributed by atoms with van der Waals surface area (Å²) >= 11 is 1.93. The lowest BCUT2D eigenvalue weighted by Gasteiger charge is -2.53. The summed E-state index contributed by atoms with van der Waals surface area (Å²) in [5.74, 6) is 1.70. The molecule has 2 aliphatic heterocycles. The summed E-state index contributed by atoms with van der Waals surface area (Å²) in [4.78, 5) is 6.13. The van der Waals surface area contributed by atoms with Crippen molar-refractivity contribution in [2.45, 2.75) is 128 Å². The van der Waals surface area contributed by atoms with E-state index in [9.17, 15) is 0 Å². The highest BCUT2D eigenvalue weighted by atomic mass is 32.1. The summed E-state index contributed by atoms with van der Waals surface area (Å²) in [6.45, 7) is -0.0498. The van der Waals surface area contributed by atoms with Gasteiger partial charge >= 0.3 is 0 Å². The molecule has 12 aromatic rings. The molecule has 0 saturated heterocycles. The quantitative estimate of drug-likeness (QED) is 0.106. The summed E-state index contributed by atoms with van der Waals surface area (Å²) in [6, 6.07) is 74.7. The number of para-hydroxylation sites is 4. The molecular formula is C90H81BN4S. The van der Waals surface area contributed by atoms with Gasteiger partial charge in [0.15, 0.2) is 0 Å². The largest absolute Gasteiger partial charge is 0.334 e. The standard InChI is InChI=1S/C90H81BN4S/c1-5-25-58(26-6-1)66-38-23-39-67(59-27-7-2-8-28-59)89(66)94-82-56-64(92-78-42-18-13-33-70(78)71-34-14-19-43-79(71)92)48-50-76(82)91-77-51-49-65(93-80-44-20-15-35-72(80)73-36-16-21-45-81(73)93)57-83(77)95(90-68(60-29-9-3-10-30-60)40-24-41-69(90)61-31-11-4-12-32-61)85-55-63(54-84(94)88(85)91)62-47-52-87-75(53-62)74-37-17-22-46-86(74)96-87/h1,3,5,9,13-22,27,31,33-38,40,42-58,60,67,69,89-90H,2,4,6-8,10-12,23-26,28-30,32,39,41H2. The molecule has 0 fully saturated rings. The Hall–Kier alpha value is -9.10. The number of thiophene rings is 1. The monoisotopic (exact) mass is 1260 g/mol. The highest BCUT2D eigenvalue weighted by Crippen LogP contribution is 2.54. The lowest BCUT2D eigenvalue weighted by Crippen LogP contribution is -2.65. The maximum atomic E-state index is 3.06. The molecule has 6 heteroatoms. The van der Waals surface area contributed by atoms with Crippen LogP contribution in [0.25, 0.3) is 86.3 Å². The number of hydrogen-bond donors (Lipinski definition) is 0. The summed E-state index contributed by atoms with van der Waals surface area (Å²) in [6.07, 6.45) is 42.3. The minimum absolute atomic E-state index is 0.0498. The van der Waals surface area contributed by atoms with Crippen molar-refractivity contribution in [1.82, 2.24) is 9.13 Å². The number of anilines is 4. The minimum atomic E-state index is -0.0498. The van der Waals surface area contributed by atoms with Crippen LogP contribution in [0.4, 0.5) is 22.7 Å². The number of aromatic nitrogens is 2. The van der Waals surface area contributed by atoms with Gasteiger partial charge in [-0.3, -0.25) is 0 Å². The average Bonchev–Trinajstić information content (AvgIpc) is 0.834. The first-order chi connectivity index (χ1) is 47.7. The van der Waals surface area contributed by atoms with E-state index in [1.165, 1.54) is 190 Å². The van der Waals surface area contributed by atoms with Crippen molar-refractivity contribution in [2.75, 3.05) is 9.80 Å². The second-order valence-corrected chi connectivity index (χ2v) is 30.4. The van der Waals surface area contributed by atoms with E-state index >= 15 is 0 Å². The second-order valence-electron chi connectivity index (χ2n) is 29.3. The fourth-order valence-electron chi connectivity index (χ4n) is 20.1. The molecule has 6 unspecified atom stereocenters. The van der Waals surface area contributed by atoms with Crippen LogP contribution in [0.3, 0.4) is 0 Å². The third-order valence-corrected chi connectivity index (χ3v) is 25.5. The molecule has 0 spiro atoms. The van der Waals surface area contributed by atoms with E-state index < -0.39 is 0 Å². The molecule has 8 aliphatic rings. The van der Waals surface area contributed by atoms with Gasteiger partial charge in [0.2, 0.25) is 0 Å². The predicted molar refractivity (Wildman–Crippen MR) is 411 cm³/mol. The molecule has 3 aromatic heterocycles. The Bertz CT molecular complexity index is 4990. The highest BCUT2D eigenvalue weighted by Gasteiger charge is 2.51. The average molecular weight is 1260 g/mol. The van der Waals surface area contributed by atoms with E-state index in [-0.39, 0.29) is 18.8 Å². The van der Waals surface area contributed by atoms with E-state index in [2.05, 4.69) is 256 Å². The Labute approximate surface area is 569 Å². The molecule has 0 N–H and O–H groups in total. The number of allylic oxidation sites excluding steroid dienone is 8. The van der Waals surface area contributed by atoms with Gasteiger partial charge in [-0.2, -0.15) is 0 Å². The molecule has 96 heavy (non-hydrogen) atoms. The van der Waals surface area contributed by atoms with E-state index in [0.29, 0.717) is 23.7 Å². The molecule has 6 atom stereocenters. The van der Waals surface area contributed by atoms with Crippen LogP contribution in [0.1, 0.15) is 116 Å². The van der Waals surface area contributed by atoms with Gasteiger partial charge in [-0.1, -0.05) is 169 Å². The summed E-state index contributed by atoms with van der Waals surface area (Å²) in [5.41, 5.74) is 26.7. The van der Waals surface area contributed by atoms with E-state index in [1.807, 2.05) is 11.3 Å². The lowest BCUT2D eigenvalue weighted by atomic mass is 9.33. The number of benzene rings is 9. The van der Waals surface area contributed by atoms with Crippen molar-refractivity contribution in [2.24, 2.45) is 23.7 Å². The van der Waals surface area contributed by atoms with Crippen molar-refractivity contribution in [1.29, 1.82) is 0 Å². The number of rotatable bonds is 9. The highest BCUT2D eigenvalue weighted by molar-refractivity contribution is 7.25. The Morgan fingerprint density at radius 2 is 0.823 bits per heavy atom. The van der Waals surface area contributed by atoms with Gasteiger partial charge in [0.25, 0.3) is 6.71 Å². The molecule has 4 nitrogen and oxygen atoms in total. The fourth-order valence-corrected chi connectivity index (χ4v) is 21.2. The van der Waals surface area contributed by atoms with Gasteiger partial charge in [0.1, 0.15) is 0 Å². The topological polar surface area (TPSA) is 16.3 Å². The molecule has 0 bridgehead atoms. The molecule has 5 heterocycles. The zero-order valence-corrected chi connectivity index (χ0v) is 55.8. The van der Waals surface area contributed by atoms with Crippen LogP contribution in [-0.2, 0) is 0 Å². The SMILES string of the molecule is C1=CCC(C2=CCCC(C3=CCCCC3)C2N2c3cc(-n4c5ccccc5c5ccccc54)ccc3B3c4ccc(-n5c6ccccc6c6ccccc65)cc4N(C4C(C5CC=CCC5)=CCCC4C4=CCCCC4)c4cc(-c5ccc6sc7ccccc7c6c5)cc2c43)CC1. The Morgan fingerprint density at radius 3 is 1.29 bits per heavy atom. The minimum Gasteiger partial charge on any atom is -0.334 e. The molecule has 9 aromatic carbocycles. The van der Waals surface area contributed by atoms with E-state index in [0.717, 1.165) is 51.4 Å². The zero-order valence-electron chi connectivity index (χ0n) is 55.0. The maximum absolute atomic E-state index is 3.06. The second kappa shape index (κ2) is 23.3. The third kappa shape index (κ3) is 9.06. The predicted octanol–water partition coefficient (Wildman–Crippen LogP) is 22.5. The first-order valence-electron chi connectivity index (χ1n) is 36.7. The van der Waals surface area contributed by atoms with Crippen LogP contribution in [-0.4, -0.2) is 27.9 Å². The number of hydrogen-bond acceptors (Lipinski definition) is 3. The van der Waals surface area contributed by atoms with Gasteiger partial charge in [-0.25, -0.2) is 0 Å². The van der Waals surface area contributed by atoms with E-state index in [1.54, 1.807) is 22.3 Å². The lowest BCUT2D eigenvalue weighted by molar-refractivity contribution is 0.391. The van der Waals surface area contributed by atoms with Gasteiger partial charge in [-0.05, 0) is 245 Å². The van der Waals surface area contributed by atoms with Crippen LogP contribution in [0.5, 0.6) is 0 Å². The van der Waals surface area contributed by atoms with Gasteiger partial charge in [0.05, 0.1) is 34.2 Å². The Balaban J connectivity index is 0.928. The van der Waals surface area contributed by atoms with Crippen LogP contribution >= 0.6 is 11.3 Å². The molecule has 0 saturated carbocycles. The summed E-state index contributed by atoms with van der Waals surface area (Å²) < 4.78 is 7.89. The molecule has 0 amide bonds. The maximum Gasteiger partial charge on any atom is 0.252 e. The van der Waals surface area contributed by atoms with Crippen molar-refractivity contribution in [3.63, 3.8) is 0 Å². The number of fused-ring (bicyclic) bond motifs is 13. The smallest absolute Gasteiger partial charge is 0.252 e. The van der Waals surface area contributed by atoms with Gasteiger partial charge in [0, 0.05) is 87.7 Å². The first kappa shape index (κ1) is 57.2. The van der Waals surface area contributed by atoms with E-state index in [4.69, 9.17) is 0 Å². The zero-order chi connectivity index (χ0) is 63.0. The van der Waals surface area contributed by atoms with Gasteiger partial charge in [-0.15, -0.1) is 11.3 Å². The normalized spacial score (nSPS) is 22.6. The molecule has 20 rings (SSSR count). The van der Waals surface area contributed by atoms with Crippen LogP contribution in [0, 0.1) is 23.7 Å². The third-order valence-electron chi connectivity index (χ3n) is 24.3. The summed E-state index contributed by atoms with van der Waals surface area (Å²) in [7, 11) is 0. The molecule has 0 radical (unpaired) electrons. The fraction of sp³-hybridized carbons (Fsp3) is 0.267. The van der Waals surface area contributed by atoms with Crippen molar-refractivity contribution >= 4 is 121 Å². The Kier molecular flexibility index (Phi) is 13.9. The first-order valence-corrected chi connectivity index (χ1v) is 37.5. The number of nitrogens with zero attached hydrogens (tertiary/aromatic N) is 4. The van der Waals surface area contributed by atoms with Crippen molar-refractivity contribution in [3.8, 4) is 22.5 Å². The molecule has 6 aliphatic carbocycles. The molecular weight excluding hydrogens is 1180 g/mol. The summed E-state index contributed by atoms with van der Waals surface area (Å²) in [5, 5.41) is 7.90. The van der Waals surface area contributed by atoms with Gasteiger partial charge < -0.3 is 18.9 Å². The van der Waals surface area contributed by atoms with Crippen LogP contribution in [0.15, 0.2) is 259 Å². The van der Waals surface area contributed by atoms with Crippen molar-refractivity contribution in [3.05, 3.63) is 259 Å². The van der Waals surface area contributed by atoms with Crippen molar-refractivity contribution < 1.29 is 0 Å². The van der Waals surface area contributed by atoms with Crippen LogP contribution < -0.4 is 26.2 Å².